The number of carbonyl (C=O) groups excluding carboxylic acids is 2. The van der Waals surface area contributed by atoms with Crippen molar-refractivity contribution in [2.75, 3.05) is 13.6 Å². The fourth-order valence-corrected chi connectivity index (χ4v) is 1.62. The van der Waals surface area contributed by atoms with Crippen LogP contribution >= 0.6 is 0 Å². The molecule has 94 valence electrons. The zero-order valence-corrected chi connectivity index (χ0v) is 9.90. The van der Waals surface area contributed by atoms with Crippen LogP contribution in [0, 0.1) is 0 Å². The molecule has 0 bridgehead atoms. The number of nitrogens with one attached hydrogen (secondary N) is 1. The fourth-order valence-electron chi connectivity index (χ4n) is 1.62. The summed E-state index contributed by atoms with van der Waals surface area (Å²) in [7, 11) is 1.44. The van der Waals surface area contributed by atoms with Gasteiger partial charge in [0.1, 0.15) is 0 Å². The molecule has 2 amide bonds. The lowest BCUT2D eigenvalue weighted by molar-refractivity contribution is -0.137. The first-order valence-corrected chi connectivity index (χ1v) is 5.43. The van der Waals surface area contributed by atoms with E-state index in [-0.39, 0.29) is 24.8 Å². The largest absolute Gasteiger partial charge is 0.478 e. The van der Waals surface area contributed by atoms with Crippen molar-refractivity contribution in [2.24, 2.45) is 0 Å². The van der Waals surface area contributed by atoms with E-state index in [1.807, 2.05) is 0 Å². The smallest absolute Gasteiger partial charge is 0.331 e. The summed E-state index contributed by atoms with van der Waals surface area (Å²) in [5.74, 6) is -1.44. The number of aliphatic carboxylic acids is 1. The number of likely N-dealkylation sites (tertiary alicyclic amines) is 1. The van der Waals surface area contributed by atoms with Crippen LogP contribution in [0.1, 0.15) is 19.8 Å². The molecule has 0 aromatic carbocycles. The summed E-state index contributed by atoms with van der Waals surface area (Å²) in [6.07, 6.45) is 2.09. The molecule has 0 aromatic heterocycles. The van der Waals surface area contributed by atoms with E-state index in [0.29, 0.717) is 12.0 Å². The van der Waals surface area contributed by atoms with Gasteiger partial charge in [-0.05, 0) is 6.42 Å². The van der Waals surface area contributed by atoms with Gasteiger partial charge < -0.3 is 10.4 Å². The molecule has 0 radical (unpaired) electrons. The number of carbonyl (C=O) groups is 3. The Balaban J connectivity index is 2.50. The van der Waals surface area contributed by atoms with Crippen LogP contribution in [-0.4, -0.2) is 47.4 Å². The van der Waals surface area contributed by atoms with Crippen molar-refractivity contribution in [1.82, 2.24) is 10.2 Å². The molecule has 1 rings (SSSR count). The standard InChI is InChI=1S/C11H16N2O4/c1-3-7(11(16)17)4-5-12-8-6-9(14)13(2)10(8)15/h4,8,12H,3,5-6H2,1-2H3,(H,16,17). The third-order valence-corrected chi connectivity index (χ3v) is 2.75. The Morgan fingerprint density at radius 1 is 1.59 bits per heavy atom. The molecule has 6 heteroatoms. The Bertz CT molecular complexity index is 376. The second-order valence-corrected chi connectivity index (χ2v) is 3.84. The summed E-state index contributed by atoms with van der Waals surface area (Å²) in [6, 6.07) is -0.532. The number of carboxylic acid groups (broad SMARTS) is 1. The second-order valence-electron chi connectivity index (χ2n) is 3.84. The Kier molecular flexibility index (Phi) is 4.39. The van der Waals surface area contributed by atoms with E-state index < -0.39 is 12.0 Å². The minimum Gasteiger partial charge on any atom is -0.478 e. The van der Waals surface area contributed by atoms with Gasteiger partial charge in [0.2, 0.25) is 11.8 Å². The Morgan fingerprint density at radius 3 is 2.65 bits per heavy atom. The van der Waals surface area contributed by atoms with Gasteiger partial charge in [-0.3, -0.25) is 14.5 Å². The lowest BCUT2D eigenvalue weighted by Gasteiger charge is -2.09. The molecule has 1 unspecified atom stereocenters. The molecule has 1 heterocycles. The number of carboxylic acids is 1. The van der Waals surface area contributed by atoms with Gasteiger partial charge >= 0.3 is 5.97 Å². The van der Waals surface area contributed by atoms with E-state index in [2.05, 4.69) is 5.32 Å². The lowest BCUT2D eigenvalue weighted by Crippen LogP contribution is -2.37. The van der Waals surface area contributed by atoms with Crippen LogP contribution in [-0.2, 0) is 14.4 Å². The first-order chi connectivity index (χ1) is 7.97. The predicted molar refractivity (Wildman–Crippen MR) is 60.2 cm³/mol. The van der Waals surface area contributed by atoms with Crippen molar-refractivity contribution in [3.05, 3.63) is 11.6 Å². The van der Waals surface area contributed by atoms with E-state index in [0.717, 1.165) is 4.90 Å². The molecule has 0 saturated carbocycles. The highest BCUT2D eigenvalue weighted by molar-refractivity contribution is 6.05. The zero-order valence-electron chi connectivity index (χ0n) is 9.90. The van der Waals surface area contributed by atoms with Crippen molar-refractivity contribution >= 4 is 17.8 Å². The van der Waals surface area contributed by atoms with Gasteiger partial charge in [0, 0.05) is 19.2 Å². The number of amides is 2. The average Bonchev–Trinajstić information content (AvgIpc) is 2.52. The number of likely N-dealkylation sites (N-methyl/N-ethyl adjacent to an activating group) is 1. The summed E-state index contributed by atoms with van der Waals surface area (Å²) in [6.45, 7) is 2.02. The molecule has 2 N–H and O–H groups in total. The Labute approximate surface area is 99.3 Å². The maximum atomic E-state index is 11.5. The molecule has 0 aliphatic carbocycles. The number of nitrogens with zero attached hydrogens (tertiary/aromatic N) is 1. The van der Waals surface area contributed by atoms with Gasteiger partial charge in [-0.2, -0.15) is 0 Å². The van der Waals surface area contributed by atoms with Crippen molar-refractivity contribution in [3.63, 3.8) is 0 Å². The van der Waals surface area contributed by atoms with E-state index in [4.69, 9.17) is 5.11 Å². The molecule has 17 heavy (non-hydrogen) atoms. The molecule has 1 fully saturated rings. The molecule has 0 spiro atoms. The van der Waals surface area contributed by atoms with Gasteiger partial charge in [-0.15, -0.1) is 0 Å². The lowest BCUT2D eigenvalue weighted by atomic mass is 10.2. The molecule has 1 atom stereocenters. The van der Waals surface area contributed by atoms with E-state index >= 15 is 0 Å². The molecular weight excluding hydrogens is 224 g/mol. The van der Waals surface area contributed by atoms with Crippen molar-refractivity contribution in [3.8, 4) is 0 Å². The summed E-state index contributed by atoms with van der Waals surface area (Å²) < 4.78 is 0. The van der Waals surface area contributed by atoms with Gasteiger partial charge in [0.25, 0.3) is 0 Å². The first-order valence-electron chi connectivity index (χ1n) is 5.43. The maximum Gasteiger partial charge on any atom is 0.331 e. The number of rotatable bonds is 5. The van der Waals surface area contributed by atoms with E-state index in [1.54, 1.807) is 6.92 Å². The SMILES string of the molecule is CCC(=CCNC1CC(=O)N(C)C1=O)C(=O)O. The van der Waals surface area contributed by atoms with Crippen LogP contribution in [0.2, 0.25) is 0 Å². The minimum atomic E-state index is -0.958. The highest BCUT2D eigenvalue weighted by atomic mass is 16.4. The maximum absolute atomic E-state index is 11.5. The molecular formula is C11H16N2O4. The van der Waals surface area contributed by atoms with Crippen LogP contribution in [0.25, 0.3) is 0 Å². The Morgan fingerprint density at radius 2 is 2.24 bits per heavy atom. The second kappa shape index (κ2) is 5.58. The zero-order chi connectivity index (χ0) is 13.0. The van der Waals surface area contributed by atoms with Gasteiger partial charge in [-0.1, -0.05) is 13.0 Å². The number of hydrogen-bond donors (Lipinski definition) is 2. The van der Waals surface area contributed by atoms with Crippen LogP contribution in [0.5, 0.6) is 0 Å². The molecule has 0 aromatic rings. The minimum absolute atomic E-state index is 0.137. The Hall–Kier alpha value is -1.69. The predicted octanol–water partition coefficient (Wildman–Crippen LogP) is -0.246. The number of imide groups is 1. The summed E-state index contributed by atoms with van der Waals surface area (Å²) >= 11 is 0. The van der Waals surface area contributed by atoms with Crippen LogP contribution in [0.4, 0.5) is 0 Å². The molecule has 1 saturated heterocycles. The monoisotopic (exact) mass is 240 g/mol. The van der Waals surface area contributed by atoms with Gasteiger partial charge in [-0.25, -0.2) is 4.79 Å². The summed E-state index contributed by atoms with van der Waals surface area (Å²) in [5, 5.41) is 11.6. The quantitative estimate of drug-likeness (QED) is 0.511. The van der Waals surface area contributed by atoms with Gasteiger partial charge in [0.15, 0.2) is 0 Å². The fraction of sp³-hybridized carbons (Fsp3) is 0.545. The average molecular weight is 240 g/mol. The van der Waals surface area contributed by atoms with Crippen LogP contribution in [0.3, 0.4) is 0 Å². The highest BCUT2D eigenvalue weighted by Crippen LogP contribution is 2.10. The third kappa shape index (κ3) is 3.13. The highest BCUT2D eigenvalue weighted by Gasteiger charge is 2.35. The molecule has 1 aliphatic rings. The van der Waals surface area contributed by atoms with E-state index in [1.165, 1.54) is 13.1 Å². The topological polar surface area (TPSA) is 86.7 Å². The van der Waals surface area contributed by atoms with Crippen LogP contribution in [0.15, 0.2) is 11.6 Å². The number of hydrogen-bond acceptors (Lipinski definition) is 4. The first kappa shape index (κ1) is 13.4. The normalized spacial score (nSPS) is 21.2. The summed E-state index contributed by atoms with van der Waals surface area (Å²) in [4.78, 5) is 34.5. The van der Waals surface area contributed by atoms with Crippen molar-refractivity contribution in [1.29, 1.82) is 0 Å². The van der Waals surface area contributed by atoms with Crippen molar-refractivity contribution < 1.29 is 19.5 Å². The summed E-state index contributed by atoms with van der Waals surface area (Å²) in [5.41, 5.74) is 0.294. The van der Waals surface area contributed by atoms with Crippen molar-refractivity contribution in [2.45, 2.75) is 25.8 Å². The van der Waals surface area contributed by atoms with Gasteiger partial charge in [0.05, 0.1) is 12.5 Å². The third-order valence-electron chi connectivity index (χ3n) is 2.75. The van der Waals surface area contributed by atoms with E-state index in [9.17, 15) is 14.4 Å². The van der Waals surface area contributed by atoms with Crippen LogP contribution < -0.4 is 5.32 Å². The molecule has 6 nitrogen and oxygen atoms in total. The molecule has 1 aliphatic heterocycles.